The summed E-state index contributed by atoms with van der Waals surface area (Å²) in [5, 5.41) is 0. The van der Waals surface area contributed by atoms with Crippen LogP contribution >= 0.6 is 0 Å². The first kappa shape index (κ1) is 8.82. The van der Waals surface area contributed by atoms with Crippen molar-refractivity contribution in [2.24, 2.45) is 0 Å². The van der Waals surface area contributed by atoms with E-state index in [4.69, 9.17) is 0 Å². The molecule has 1 N–H and O–H groups in total. The fourth-order valence-corrected chi connectivity index (χ4v) is 1.91. The first-order valence-electron chi connectivity index (χ1n) is 5.06. The predicted molar refractivity (Wildman–Crippen MR) is 54.9 cm³/mol. The summed E-state index contributed by atoms with van der Waals surface area (Å²) in [5.74, 6) is 0.621. The van der Waals surface area contributed by atoms with E-state index in [0.29, 0.717) is 5.92 Å². The van der Waals surface area contributed by atoms with Crippen LogP contribution in [-0.4, -0.2) is 23.5 Å². The summed E-state index contributed by atoms with van der Waals surface area (Å²) in [5.41, 5.74) is 4.35. The zero-order valence-corrected chi connectivity index (χ0v) is 8.72. The second kappa shape index (κ2) is 3.18. The van der Waals surface area contributed by atoms with Crippen LogP contribution < -0.4 is 0 Å². The zero-order chi connectivity index (χ0) is 9.42. The SMILES string of the molecule is CC(C)c1cc2c([nH]1)CCN(C)C2. The minimum absolute atomic E-state index is 0.621. The lowest BCUT2D eigenvalue weighted by Gasteiger charge is -2.21. The van der Waals surface area contributed by atoms with Gasteiger partial charge in [-0.25, -0.2) is 0 Å². The fourth-order valence-electron chi connectivity index (χ4n) is 1.91. The number of nitrogens with one attached hydrogen (secondary N) is 1. The molecule has 1 aromatic heterocycles. The van der Waals surface area contributed by atoms with E-state index in [1.54, 1.807) is 0 Å². The average molecular weight is 178 g/mol. The highest BCUT2D eigenvalue weighted by atomic mass is 15.1. The summed E-state index contributed by atoms with van der Waals surface area (Å²) in [6.45, 7) is 6.77. The molecule has 2 rings (SSSR count). The largest absolute Gasteiger partial charge is 0.362 e. The van der Waals surface area contributed by atoms with Crippen LogP contribution in [0.5, 0.6) is 0 Å². The highest BCUT2D eigenvalue weighted by Crippen LogP contribution is 2.22. The molecule has 13 heavy (non-hydrogen) atoms. The van der Waals surface area contributed by atoms with E-state index in [1.807, 2.05) is 0 Å². The lowest BCUT2D eigenvalue weighted by molar-refractivity contribution is 0.312. The van der Waals surface area contributed by atoms with E-state index in [-0.39, 0.29) is 0 Å². The third kappa shape index (κ3) is 1.63. The van der Waals surface area contributed by atoms with Gasteiger partial charge in [-0.05, 0) is 24.6 Å². The van der Waals surface area contributed by atoms with Crippen LogP contribution in [0.2, 0.25) is 0 Å². The number of aromatic amines is 1. The molecule has 1 aliphatic heterocycles. The Morgan fingerprint density at radius 3 is 2.92 bits per heavy atom. The topological polar surface area (TPSA) is 19.0 Å². The van der Waals surface area contributed by atoms with Crippen molar-refractivity contribution in [2.45, 2.75) is 32.7 Å². The van der Waals surface area contributed by atoms with Crippen molar-refractivity contribution in [1.82, 2.24) is 9.88 Å². The second-order valence-corrected chi connectivity index (χ2v) is 4.37. The van der Waals surface area contributed by atoms with E-state index in [0.717, 1.165) is 6.54 Å². The summed E-state index contributed by atoms with van der Waals surface area (Å²) >= 11 is 0. The molecule has 0 aromatic carbocycles. The molecule has 0 unspecified atom stereocenters. The third-order valence-corrected chi connectivity index (χ3v) is 2.82. The van der Waals surface area contributed by atoms with Crippen LogP contribution in [0.25, 0.3) is 0 Å². The lowest BCUT2D eigenvalue weighted by Crippen LogP contribution is -2.25. The number of likely N-dealkylation sites (N-methyl/N-ethyl adjacent to an activating group) is 1. The molecule has 72 valence electrons. The van der Waals surface area contributed by atoms with E-state index in [1.165, 1.54) is 29.9 Å². The maximum Gasteiger partial charge on any atom is 0.0248 e. The van der Waals surface area contributed by atoms with Crippen LogP contribution in [0.4, 0.5) is 0 Å². The Morgan fingerprint density at radius 2 is 2.23 bits per heavy atom. The molecule has 1 aromatic rings. The van der Waals surface area contributed by atoms with Gasteiger partial charge in [-0.15, -0.1) is 0 Å². The molecule has 0 aliphatic carbocycles. The number of rotatable bonds is 1. The summed E-state index contributed by atoms with van der Waals surface area (Å²) in [6.07, 6.45) is 1.18. The van der Waals surface area contributed by atoms with Crippen molar-refractivity contribution in [3.05, 3.63) is 23.0 Å². The van der Waals surface area contributed by atoms with Gasteiger partial charge in [-0.2, -0.15) is 0 Å². The number of H-pyrrole nitrogens is 1. The van der Waals surface area contributed by atoms with Crippen LogP contribution in [0.1, 0.15) is 36.7 Å². The predicted octanol–water partition coefficient (Wildman–Crippen LogP) is 2.13. The van der Waals surface area contributed by atoms with E-state index >= 15 is 0 Å². The molecular weight excluding hydrogens is 160 g/mol. The highest BCUT2D eigenvalue weighted by molar-refractivity contribution is 5.29. The minimum Gasteiger partial charge on any atom is -0.362 e. The normalized spacial score (nSPS) is 17.8. The van der Waals surface area contributed by atoms with Crippen molar-refractivity contribution in [2.75, 3.05) is 13.6 Å². The molecule has 2 heterocycles. The Morgan fingerprint density at radius 1 is 1.46 bits per heavy atom. The van der Waals surface area contributed by atoms with Gasteiger partial charge < -0.3 is 9.88 Å². The summed E-state index contributed by atoms with van der Waals surface area (Å²) < 4.78 is 0. The summed E-state index contributed by atoms with van der Waals surface area (Å²) in [7, 11) is 2.19. The van der Waals surface area contributed by atoms with Crippen molar-refractivity contribution in [3.63, 3.8) is 0 Å². The average Bonchev–Trinajstić information content (AvgIpc) is 2.46. The molecule has 0 radical (unpaired) electrons. The lowest BCUT2D eigenvalue weighted by atomic mass is 10.1. The molecule has 0 saturated heterocycles. The maximum absolute atomic E-state index is 3.53. The second-order valence-electron chi connectivity index (χ2n) is 4.37. The molecule has 2 nitrogen and oxygen atoms in total. The van der Waals surface area contributed by atoms with Crippen LogP contribution in [-0.2, 0) is 13.0 Å². The first-order valence-corrected chi connectivity index (χ1v) is 5.06. The Balaban J connectivity index is 2.28. The molecule has 1 aliphatic rings. The van der Waals surface area contributed by atoms with Crippen molar-refractivity contribution < 1.29 is 0 Å². The Labute approximate surface area is 79.9 Å². The van der Waals surface area contributed by atoms with E-state index < -0.39 is 0 Å². The number of hydrogen-bond acceptors (Lipinski definition) is 1. The Hall–Kier alpha value is -0.760. The third-order valence-electron chi connectivity index (χ3n) is 2.82. The number of fused-ring (bicyclic) bond motifs is 1. The first-order chi connectivity index (χ1) is 6.16. The molecule has 0 atom stereocenters. The Kier molecular flexibility index (Phi) is 2.16. The minimum atomic E-state index is 0.621. The van der Waals surface area contributed by atoms with Gasteiger partial charge in [0, 0.05) is 30.9 Å². The maximum atomic E-state index is 3.53. The zero-order valence-electron chi connectivity index (χ0n) is 8.72. The highest BCUT2D eigenvalue weighted by Gasteiger charge is 2.16. The standard InChI is InChI=1S/C11H18N2/c1-8(2)11-6-9-7-13(3)5-4-10(9)12-11/h6,8,12H,4-5,7H2,1-3H3. The molecule has 2 heteroatoms. The van der Waals surface area contributed by atoms with Gasteiger partial charge >= 0.3 is 0 Å². The molecule has 0 saturated carbocycles. The van der Waals surface area contributed by atoms with Gasteiger partial charge in [0.1, 0.15) is 0 Å². The Bertz CT molecular complexity index is 299. The van der Waals surface area contributed by atoms with Gasteiger partial charge in [-0.1, -0.05) is 13.8 Å². The number of nitrogens with zero attached hydrogens (tertiary/aromatic N) is 1. The fraction of sp³-hybridized carbons (Fsp3) is 0.636. The van der Waals surface area contributed by atoms with Gasteiger partial charge in [-0.3, -0.25) is 0 Å². The summed E-state index contributed by atoms with van der Waals surface area (Å²) in [6, 6.07) is 2.33. The van der Waals surface area contributed by atoms with Crippen molar-refractivity contribution in [1.29, 1.82) is 0 Å². The monoisotopic (exact) mass is 178 g/mol. The smallest absolute Gasteiger partial charge is 0.0248 e. The van der Waals surface area contributed by atoms with Gasteiger partial charge in [0.05, 0.1) is 0 Å². The van der Waals surface area contributed by atoms with Gasteiger partial charge in [0.2, 0.25) is 0 Å². The number of hydrogen-bond donors (Lipinski definition) is 1. The van der Waals surface area contributed by atoms with E-state index in [2.05, 4.69) is 36.8 Å². The van der Waals surface area contributed by atoms with Crippen LogP contribution in [0.3, 0.4) is 0 Å². The van der Waals surface area contributed by atoms with E-state index in [9.17, 15) is 0 Å². The molecule has 0 bridgehead atoms. The quantitative estimate of drug-likeness (QED) is 0.698. The number of aromatic nitrogens is 1. The molecular formula is C11H18N2. The summed E-state index contributed by atoms with van der Waals surface area (Å²) in [4.78, 5) is 5.90. The van der Waals surface area contributed by atoms with Crippen LogP contribution in [0, 0.1) is 0 Å². The molecule has 0 spiro atoms. The molecule has 0 amide bonds. The van der Waals surface area contributed by atoms with Crippen LogP contribution in [0.15, 0.2) is 6.07 Å². The molecule has 0 fully saturated rings. The van der Waals surface area contributed by atoms with Gasteiger partial charge in [0.25, 0.3) is 0 Å². The van der Waals surface area contributed by atoms with Gasteiger partial charge in [0.15, 0.2) is 0 Å². The van der Waals surface area contributed by atoms with Crippen molar-refractivity contribution >= 4 is 0 Å². The van der Waals surface area contributed by atoms with Crippen molar-refractivity contribution in [3.8, 4) is 0 Å².